The second-order valence-corrected chi connectivity index (χ2v) is 21.3. The molecule has 0 spiro atoms. The third kappa shape index (κ3) is 55.0. The first-order valence-electron chi connectivity index (χ1n) is 28.0. The van der Waals surface area contributed by atoms with Crippen molar-refractivity contribution in [1.82, 2.24) is 0 Å². The second-order valence-electron chi connectivity index (χ2n) is 19.9. The minimum absolute atomic E-state index is 0.0222. The van der Waals surface area contributed by atoms with Crippen LogP contribution >= 0.6 is 7.82 Å². The van der Waals surface area contributed by atoms with Crippen LogP contribution in [0.4, 0.5) is 0 Å². The number of hydrogen-bond acceptors (Lipinski definition) is 7. The van der Waals surface area contributed by atoms with Gasteiger partial charge in [-0.05, 0) is 83.5 Å². The average molecular weight is 962 g/mol. The normalized spacial score (nSPS) is 13.9. The van der Waals surface area contributed by atoms with Crippen LogP contribution in [0.1, 0.15) is 245 Å². The summed E-state index contributed by atoms with van der Waals surface area (Å²) < 4.78 is 34.8. The van der Waals surface area contributed by atoms with E-state index in [1.807, 2.05) is 21.1 Å². The van der Waals surface area contributed by atoms with E-state index in [4.69, 9.17) is 18.5 Å². The molecule has 0 aromatic heterocycles. The molecule has 2 unspecified atom stereocenters. The summed E-state index contributed by atoms with van der Waals surface area (Å²) in [6.07, 6.45) is 65.3. The van der Waals surface area contributed by atoms with Gasteiger partial charge in [0, 0.05) is 13.0 Å². The Morgan fingerprint density at radius 3 is 1.22 bits per heavy atom. The van der Waals surface area contributed by atoms with Gasteiger partial charge >= 0.3 is 5.97 Å². The SMILES string of the molecule is CCCCCCC/C=C\C/C=C\C/C=C\CCCCCCCCCCCOCC(COP(=O)([O-])OCC[N+](C)(C)C)OC(=O)CCCCCCCCCCC/C=C\C/C=C\CCCCCCC. The smallest absolute Gasteiger partial charge is 0.306 e. The highest BCUT2D eigenvalue weighted by Crippen LogP contribution is 2.38. The molecular formula is C58H108NO7P. The summed E-state index contributed by atoms with van der Waals surface area (Å²) in [6.45, 7) is 5.39. The first kappa shape index (κ1) is 65.2. The van der Waals surface area contributed by atoms with Gasteiger partial charge in [-0.3, -0.25) is 9.36 Å². The molecule has 0 aromatic carbocycles. The van der Waals surface area contributed by atoms with Crippen LogP contribution in [0.5, 0.6) is 0 Å². The molecule has 0 amide bonds. The van der Waals surface area contributed by atoms with Crippen molar-refractivity contribution in [2.45, 2.75) is 251 Å². The molecule has 0 aliphatic heterocycles. The maximum Gasteiger partial charge on any atom is 0.306 e. The number of ether oxygens (including phenoxy) is 2. The van der Waals surface area contributed by atoms with Gasteiger partial charge in [0.15, 0.2) is 0 Å². The molecule has 0 saturated carbocycles. The van der Waals surface area contributed by atoms with Gasteiger partial charge in [-0.25, -0.2) is 0 Å². The largest absolute Gasteiger partial charge is 0.756 e. The zero-order valence-electron chi connectivity index (χ0n) is 44.6. The predicted molar refractivity (Wildman–Crippen MR) is 286 cm³/mol. The van der Waals surface area contributed by atoms with E-state index < -0.39 is 13.9 Å². The Morgan fingerprint density at radius 1 is 0.463 bits per heavy atom. The molecule has 0 rings (SSSR count). The van der Waals surface area contributed by atoms with Gasteiger partial charge in [0.25, 0.3) is 7.82 Å². The molecule has 9 heteroatoms. The van der Waals surface area contributed by atoms with Gasteiger partial charge in [-0.2, -0.15) is 0 Å². The molecule has 0 aliphatic carbocycles. The van der Waals surface area contributed by atoms with Crippen molar-refractivity contribution in [3.05, 3.63) is 60.8 Å². The van der Waals surface area contributed by atoms with Crippen LogP contribution in [0.2, 0.25) is 0 Å². The topological polar surface area (TPSA) is 94.1 Å². The number of hydrogen-bond donors (Lipinski definition) is 0. The molecule has 0 aliphatic rings. The third-order valence-electron chi connectivity index (χ3n) is 12.0. The van der Waals surface area contributed by atoms with E-state index in [1.165, 1.54) is 173 Å². The molecule has 392 valence electrons. The summed E-state index contributed by atoms with van der Waals surface area (Å²) in [5.41, 5.74) is 0. The molecule has 0 saturated heterocycles. The van der Waals surface area contributed by atoms with Crippen LogP contribution in [0, 0.1) is 0 Å². The summed E-state index contributed by atoms with van der Waals surface area (Å²) in [4.78, 5) is 25.2. The standard InChI is InChI=1S/C58H108NO7P/c1-6-8-10-12-14-16-18-20-22-24-26-28-29-30-32-34-36-38-40-42-44-46-48-50-53-63-55-57(56-65-67(61,62)64-54-52-59(3,4)5)66-58(60)51-49-47-45-43-41-39-37-35-33-31-27-25-23-21-19-17-15-13-11-9-7-2/h18-21,24-27,29-30,57H,6-17,22-23,28,31-56H2,1-5H3/b20-18-,21-19-,26-24-,27-25-,30-29-. The number of carbonyl (C=O) groups is 1. The van der Waals surface area contributed by atoms with Crippen molar-refractivity contribution in [3.63, 3.8) is 0 Å². The highest BCUT2D eigenvalue weighted by atomic mass is 31.2. The Balaban J connectivity index is 4.12. The summed E-state index contributed by atoms with van der Waals surface area (Å²) in [7, 11) is 1.35. The van der Waals surface area contributed by atoms with Crippen LogP contribution in [-0.4, -0.2) is 70.7 Å². The molecule has 0 radical (unpaired) electrons. The molecule has 0 N–H and O–H groups in total. The lowest BCUT2D eigenvalue weighted by Gasteiger charge is -2.28. The number of quaternary nitrogens is 1. The van der Waals surface area contributed by atoms with Crippen LogP contribution in [-0.2, 0) is 27.9 Å². The fraction of sp³-hybridized carbons (Fsp3) is 0.810. The Morgan fingerprint density at radius 2 is 0.821 bits per heavy atom. The lowest BCUT2D eigenvalue weighted by molar-refractivity contribution is -0.870. The van der Waals surface area contributed by atoms with Crippen molar-refractivity contribution < 1.29 is 37.3 Å². The Bertz CT molecular complexity index is 1260. The fourth-order valence-electron chi connectivity index (χ4n) is 7.70. The van der Waals surface area contributed by atoms with Crippen molar-refractivity contribution in [3.8, 4) is 0 Å². The Hall–Kier alpha value is -1.80. The number of phosphoric acid groups is 1. The van der Waals surface area contributed by atoms with Crippen molar-refractivity contribution in [2.75, 3.05) is 54.1 Å². The minimum atomic E-state index is -4.54. The maximum absolute atomic E-state index is 12.8. The molecule has 67 heavy (non-hydrogen) atoms. The number of allylic oxidation sites excluding steroid dienone is 10. The van der Waals surface area contributed by atoms with E-state index in [-0.39, 0.29) is 25.8 Å². The van der Waals surface area contributed by atoms with Crippen LogP contribution in [0.15, 0.2) is 60.8 Å². The zero-order chi connectivity index (χ0) is 49.0. The number of likely N-dealkylation sites (N-methyl/N-ethyl adjacent to an activating group) is 1. The monoisotopic (exact) mass is 962 g/mol. The Labute approximate surface area is 415 Å². The number of phosphoric ester groups is 1. The first-order valence-corrected chi connectivity index (χ1v) is 29.5. The average Bonchev–Trinajstić information content (AvgIpc) is 3.29. The predicted octanol–water partition coefficient (Wildman–Crippen LogP) is 17.0. The molecule has 2 atom stereocenters. The molecule has 8 nitrogen and oxygen atoms in total. The van der Waals surface area contributed by atoms with Crippen molar-refractivity contribution >= 4 is 13.8 Å². The van der Waals surface area contributed by atoms with Gasteiger partial charge in [-0.15, -0.1) is 0 Å². The van der Waals surface area contributed by atoms with E-state index >= 15 is 0 Å². The molecule has 0 heterocycles. The number of esters is 1. The highest BCUT2D eigenvalue weighted by Gasteiger charge is 2.20. The molecule has 0 aromatic rings. The van der Waals surface area contributed by atoms with Crippen molar-refractivity contribution in [1.29, 1.82) is 0 Å². The van der Waals surface area contributed by atoms with Gasteiger partial charge in [-0.1, -0.05) is 216 Å². The number of unbranched alkanes of at least 4 members (excludes halogenated alkanes) is 28. The van der Waals surface area contributed by atoms with E-state index in [9.17, 15) is 14.3 Å². The van der Waals surface area contributed by atoms with E-state index in [2.05, 4.69) is 74.6 Å². The van der Waals surface area contributed by atoms with Crippen molar-refractivity contribution in [2.24, 2.45) is 0 Å². The molecule has 0 bridgehead atoms. The maximum atomic E-state index is 12.8. The lowest BCUT2D eigenvalue weighted by atomic mass is 10.1. The van der Waals surface area contributed by atoms with E-state index in [1.54, 1.807) is 0 Å². The summed E-state index contributed by atoms with van der Waals surface area (Å²) in [5.74, 6) is -0.339. The van der Waals surface area contributed by atoms with Crippen LogP contribution in [0.3, 0.4) is 0 Å². The van der Waals surface area contributed by atoms with Crippen LogP contribution < -0.4 is 4.89 Å². The quantitative estimate of drug-likeness (QED) is 0.0197. The zero-order valence-corrected chi connectivity index (χ0v) is 45.5. The summed E-state index contributed by atoms with van der Waals surface area (Å²) >= 11 is 0. The first-order chi connectivity index (χ1) is 32.6. The summed E-state index contributed by atoms with van der Waals surface area (Å²) in [6, 6.07) is 0. The van der Waals surface area contributed by atoms with Gasteiger partial charge < -0.3 is 27.9 Å². The van der Waals surface area contributed by atoms with Gasteiger partial charge in [0.1, 0.15) is 19.3 Å². The number of rotatable bonds is 52. The lowest BCUT2D eigenvalue weighted by Crippen LogP contribution is -2.37. The minimum Gasteiger partial charge on any atom is -0.756 e. The molecule has 0 fully saturated rings. The number of carbonyl (C=O) groups excluding carboxylic acids is 1. The van der Waals surface area contributed by atoms with E-state index in [0.717, 1.165) is 51.4 Å². The fourth-order valence-corrected chi connectivity index (χ4v) is 8.43. The third-order valence-corrected chi connectivity index (χ3v) is 13.0. The van der Waals surface area contributed by atoms with Crippen LogP contribution in [0.25, 0.3) is 0 Å². The summed E-state index contributed by atoms with van der Waals surface area (Å²) in [5, 5.41) is 0. The second kappa shape index (κ2) is 50.6. The van der Waals surface area contributed by atoms with E-state index in [0.29, 0.717) is 24.1 Å². The Kier molecular flexibility index (Phi) is 49.2. The van der Waals surface area contributed by atoms with Gasteiger partial charge in [0.2, 0.25) is 0 Å². The number of nitrogens with zero attached hydrogens (tertiary/aromatic N) is 1. The molecular weight excluding hydrogens is 854 g/mol. The highest BCUT2D eigenvalue weighted by molar-refractivity contribution is 7.45. The van der Waals surface area contributed by atoms with Gasteiger partial charge in [0.05, 0.1) is 34.4 Å².